The number of rotatable bonds is 2. The zero-order valence-electron chi connectivity index (χ0n) is 13.2. The summed E-state index contributed by atoms with van der Waals surface area (Å²) in [5.74, 6) is -0.710. The van der Waals surface area contributed by atoms with Crippen molar-refractivity contribution in [1.29, 1.82) is 0 Å². The van der Waals surface area contributed by atoms with Crippen LogP contribution in [0.5, 0.6) is 0 Å². The molecule has 5 nitrogen and oxygen atoms in total. The first-order chi connectivity index (χ1) is 11.1. The Morgan fingerprint density at radius 3 is 2.70 bits per heavy atom. The summed E-state index contributed by atoms with van der Waals surface area (Å²) in [5.41, 5.74) is 0.580. The maximum Gasteiger partial charge on any atom is 0.254 e. The Labute approximate surface area is 135 Å². The van der Waals surface area contributed by atoms with Gasteiger partial charge in [-0.05, 0) is 37.0 Å². The normalized spacial score (nSPS) is 25.6. The van der Waals surface area contributed by atoms with E-state index < -0.39 is 18.0 Å². The van der Waals surface area contributed by atoms with Gasteiger partial charge >= 0.3 is 0 Å². The maximum absolute atomic E-state index is 13.6. The van der Waals surface area contributed by atoms with Crippen molar-refractivity contribution in [3.63, 3.8) is 0 Å². The number of carbonyl (C=O) groups excluding carboxylic acids is 2. The van der Waals surface area contributed by atoms with Gasteiger partial charge in [0, 0.05) is 20.1 Å². The summed E-state index contributed by atoms with van der Waals surface area (Å²) < 4.78 is 19.2. The third-order valence-corrected chi connectivity index (χ3v) is 4.59. The van der Waals surface area contributed by atoms with Crippen LogP contribution in [0.3, 0.4) is 0 Å². The van der Waals surface area contributed by atoms with E-state index in [1.807, 2.05) is 0 Å². The number of amides is 2. The number of halogens is 1. The van der Waals surface area contributed by atoms with Gasteiger partial charge in [0.25, 0.3) is 5.91 Å². The summed E-state index contributed by atoms with van der Waals surface area (Å²) in [6.45, 7) is 1.31. The minimum atomic E-state index is -0.780. The van der Waals surface area contributed by atoms with Gasteiger partial charge in [-0.15, -0.1) is 0 Å². The smallest absolute Gasteiger partial charge is 0.254 e. The summed E-state index contributed by atoms with van der Waals surface area (Å²) >= 11 is 0. The predicted octanol–water partition coefficient (Wildman–Crippen LogP) is 1.74. The highest BCUT2D eigenvalue weighted by Gasteiger charge is 2.42. The number of hydrogen-bond acceptors (Lipinski definition) is 3. The third kappa shape index (κ3) is 3.22. The molecule has 2 saturated heterocycles. The molecule has 0 aromatic heterocycles. The van der Waals surface area contributed by atoms with Gasteiger partial charge in [0.1, 0.15) is 12.4 Å². The molecule has 124 valence electrons. The summed E-state index contributed by atoms with van der Waals surface area (Å²) in [6, 6.07) is 5.42. The highest BCUT2D eigenvalue weighted by molar-refractivity contribution is 5.86. The summed E-state index contributed by atoms with van der Waals surface area (Å²) in [6.07, 6.45) is 2.31. The Hall–Kier alpha value is -1.95. The van der Waals surface area contributed by atoms with E-state index in [0.29, 0.717) is 18.7 Å². The second-order valence-corrected chi connectivity index (χ2v) is 6.12. The fourth-order valence-corrected chi connectivity index (χ4v) is 3.30. The van der Waals surface area contributed by atoms with E-state index in [2.05, 4.69) is 0 Å². The van der Waals surface area contributed by atoms with Crippen LogP contribution in [0.2, 0.25) is 0 Å². The van der Waals surface area contributed by atoms with Gasteiger partial charge in [-0.1, -0.05) is 12.1 Å². The molecule has 2 aliphatic rings. The van der Waals surface area contributed by atoms with Crippen LogP contribution in [0, 0.1) is 5.82 Å². The lowest BCUT2D eigenvalue weighted by Gasteiger charge is -2.41. The van der Waals surface area contributed by atoms with Crippen LogP contribution in [0.4, 0.5) is 4.39 Å². The molecule has 6 heteroatoms. The molecule has 1 aromatic rings. The van der Waals surface area contributed by atoms with E-state index in [9.17, 15) is 14.0 Å². The van der Waals surface area contributed by atoms with Crippen LogP contribution in [0.15, 0.2) is 24.3 Å². The standard InChI is InChI=1S/C17H21FN2O3/c1-19-14(21)11-23-16(17(22)20-8-3-2-4-9-20)15(19)12-6-5-7-13(18)10-12/h5-7,10,15-16H,2-4,8-9,11H2,1H3/t15-,16+/m1/s1. The Kier molecular flexibility index (Phi) is 4.61. The van der Waals surface area contributed by atoms with Gasteiger partial charge < -0.3 is 14.5 Å². The molecule has 2 fully saturated rings. The summed E-state index contributed by atoms with van der Waals surface area (Å²) in [4.78, 5) is 28.1. The topological polar surface area (TPSA) is 49.9 Å². The second kappa shape index (κ2) is 6.66. The van der Waals surface area contributed by atoms with Crippen molar-refractivity contribution in [1.82, 2.24) is 9.80 Å². The fraction of sp³-hybridized carbons (Fsp3) is 0.529. The predicted molar refractivity (Wildman–Crippen MR) is 82.1 cm³/mol. The number of carbonyl (C=O) groups is 2. The third-order valence-electron chi connectivity index (χ3n) is 4.59. The first kappa shape index (κ1) is 15.9. The molecule has 1 aromatic carbocycles. The molecular formula is C17H21FN2O3. The number of ether oxygens (including phenoxy) is 1. The molecule has 3 rings (SSSR count). The van der Waals surface area contributed by atoms with Crippen molar-refractivity contribution in [2.45, 2.75) is 31.4 Å². The van der Waals surface area contributed by atoms with E-state index in [0.717, 1.165) is 19.3 Å². The minimum absolute atomic E-state index is 0.113. The minimum Gasteiger partial charge on any atom is -0.356 e. The van der Waals surface area contributed by atoms with Crippen molar-refractivity contribution < 1.29 is 18.7 Å². The van der Waals surface area contributed by atoms with Crippen molar-refractivity contribution in [2.75, 3.05) is 26.7 Å². The zero-order valence-corrected chi connectivity index (χ0v) is 13.2. The van der Waals surface area contributed by atoms with Crippen molar-refractivity contribution in [3.05, 3.63) is 35.6 Å². The van der Waals surface area contributed by atoms with Gasteiger partial charge in [-0.25, -0.2) is 4.39 Å². The largest absolute Gasteiger partial charge is 0.356 e. The number of piperidine rings is 1. The summed E-state index contributed by atoms with van der Waals surface area (Å²) in [5, 5.41) is 0. The van der Waals surface area contributed by atoms with Crippen LogP contribution in [-0.4, -0.2) is 54.5 Å². The first-order valence-corrected chi connectivity index (χ1v) is 7.99. The zero-order chi connectivity index (χ0) is 16.4. The SMILES string of the molecule is CN1C(=O)CO[C@H](C(=O)N2CCCCC2)[C@H]1c1cccc(F)c1. The molecule has 2 atom stereocenters. The van der Waals surface area contributed by atoms with Crippen LogP contribution in [-0.2, 0) is 14.3 Å². The molecule has 23 heavy (non-hydrogen) atoms. The number of morpholine rings is 1. The van der Waals surface area contributed by atoms with Gasteiger partial charge in [0.2, 0.25) is 5.91 Å². The monoisotopic (exact) mass is 320 g/mol. The lowest BCUT2D eigenvalue weighted by molar-refractivity contribution is -0.168. The Bertz CT molecular complexity index is 601. The van der Waals surface area contributed by atoms with Gasteiger partial charge in [0.05, 0.1) is 6.04 Å². The second-order valence-electron chi connectivity index (χ2n) is 6.12. The molecular weight excluding hydrogens is 299 g/mol. The van der Waals surface area contributed by atoms with Gasteiger partial charge in [-0.3, -0.25) is 9.59 Å². The number of hydrogen-bond donors (Lipinski definition) is 0. The quantitative estimate of drug-likeness (QED) is 0.834. The lowest BCUT2D eigenvalue weighted by Crippen LogP contribution is -2.54. The van der Waals surface area contributed by atoms with Crippen LogP contribution < -0.4 is 0 Å². The number of likely N-dealkylation sites (N-methyl/N-ethyl adjacent to an activating group) is 1. The molecule has 0 unspecified atom stereocenters. The molecule has 2 heterocycles. The molecule has 0 bridgehead atoms. The van der Waals surface area contributed by atoms with Crippen LogP contribution in [0.25, 0.3) is 0 Å². The molecule has 0 aliphatic carbocycles. The number of nitrogens with zero attached hydrogens (tertiary/aromatic N) is 2. The van der Waals surface area contributed by atoms with E-state index in [-0.39, 0.29) is 18.4 Å². The average molecular weight is 320 g/mol. The molecule has 0 N–H and O–H groups in total. The molecule has 2 aliphatic heterocycles. The van der Waals surface area contributed by atoms with Crippen LogP contribution in [0.1, 0.15) is 30.9 Å². The van der Waals surface area contributed by atoms with Crippen molar-refractivity contribution in [3.8, 4) is 0 Å². The molecule has 2 amide bonds. The number of benzene rings is 1. The Balaban J connectivity index is 1.89. The maximum atomic E-state index is 13.6. The average Bonchev–Trinajstić information content (AvgIpc) is 2.57. The van der Waals surface area contributed by atoms with Crippen LogP contribution >= 0.6 is 0 Å². The molecule has 0 saturated carbocycles. The van der Waals surface area contributed by atoms with Crippen molar-refractivity contribution >= 4 is 11.8 Å². The summed E-state index contributed by atoms with van der Waals surface area (Å²) in [7, 11) is 1.64. The lowest BCUT2D eigenvalue weighted by atomic mass is 9.96. The van der Waals surface area contributed by atoms with E-state index >= 15 is 0 Å². The fourth-order valence-electron chi connectivity index (χ4n) is 3.30. The van der Waals surface area contributed by atoms with Gasteiger partial charge in [0.15, 0.2) is 6.10 Å². The van der Waals surface area contributed by atoms with E-state index in [1.165, 1.54) is 17.0 Å². The molecule has 0 spiro atoms. The number of likely N-dealkylation sites (tertiary alicyclic amines) is 1. The van der Waals surface area contributed by atoms with Crippen molar-refractivity contribution in [2.24, 2.45) is 0 Å². The Morgan fingerprint density at radius 2 is 2.00 bits per heavy atom. The van der Waals surface area contributed by atoms with E-state index in [1.54, 1.807) is 24.1 Å². The Morgan fingerprint density at radius 1 is 1.26 bits per heavy atom. The highest BCUT2D eigenvalue weighted by atomic mass is 19.1. The molecule has 0 radical (unpaired) electrons. The van der Waals surface area contributed by atoms with Gasteiger partial charge in [-0.2, -0.15) is 0 Å². The first-order valence-electron chi connectivity index (χ1n) is 7.99. The highest BCUT2D eigenvalue weighted by Crippen LogP contribution is 2.31. The van der Waals surface area contributed by atoms with E-state index in [4.69, 9.17) is 4.74 Å².